The number of carbonyl (C=O) groups excluding carboxylic acids is 1. The molecule has 2 aliphatic heterocycles. The van der Waals surface area contributed by atoms with E-state index in [0.29, 0.717) is 0 Å². The van der Waals surface area contributed by atoms with Crippen molar-refractivity contribution in [1.82, 2.24) is 10.2 Å². The minimum Gasteiger partial charge on any atom is -0.370 e. The maximum Gasteiger partial charge on any atom is 0.254 e. The first-order valence-corrected chi connectivity index (χ1v) is 8.60. The van der Waals surface area contributed by atoms with Crippen LogP contribution in [0.25, 0.3) is 0 Å². The standard InChI is InChI=1S/C18H27N3O2/c1-23-18(8-10-19-11-9-18)17(22)21-13-5-12-20(14-15-21)16-6-3-2-4-7-16/h2-4,6-7,19H,5,8-15H2,1H3. The Morgan fingerprint density at radius 3 is 2.52 bits per heavy atom. The number of hydrogen-bond acceptors (Lipinski definition) is 4. The van der Waals surface area contributed by atoms with Crippen LogP contribution in [0.3, 0.4) is 0 Å². The van der Waals surface area contributed by atoms with E-state index in [-0.39, 0.29) is 5.91 Å². The molecule has 0 unspecified atom stereocenters. The third-order valence-corrected chi connectivity index (χ3v) is 5.10. The highest BCUT2D eigenvalue weighted by atomic mass is 16.5. The summed E-state index contributed by atoms with van der Waals surface area (Å²) >= 11 is 0. The van der Waals surface area contributed by atoms with Gasteiger partial charge in [-0.15, -0.1) is 0 Å². The maximum absolute atomic E-state index is 13.1. The normalized spacial score (nSPS) is 21.8. The Labute approximate surface area is 138 Å². The molecule has 2 saturated heterocycles. The van der Waals surface area contributed by atoms with Crippen LogP contribution in [0.15, 0.2) is 30.3 Å². The molecule has 0 radical (unpaired) electrons. The smallest absolute Gasteiger partial charge is 0.254 e. The van der Waals surface area contributed by atoms with E-state index < -0.39 is 5.60 Å². The number of piperidine rings is 1. The van der Waals surface area contributed by atoms with E-state index in [4.69, 9.17) is 4.74 Å². The van der Waals surface area contributed by atoms with Gasteiger partial charge in [-0.3, -0.25) is 4.79 Å². The van der Waals surface area contributed by atoms with Crippen LogP contribution in [-0.2, 0) is 9.53 Å². The number of ether oxygens (including phenoxy) is 1. The van der Waals surface area contributed by atoms with E-state index in [1.807, 2.05) is 11.0 Å². The number of benzene rings is 1. The van der Waals surface area contributed by atoms with Crippen LogP contribution in [0, 0.1) is 0 Å². The molecule has 1 aromatic carbocycles. The molecular weight excluding hydrogens is 290 g/mol. The second kappa shape index (κ2) is 7.32. The van der Waals surface area contributed by atoms with E-state index in [2.05, 4.69) is 34.5 Å². The fourth-order valence-electron chi connectivity index (χ4n) is 3.64. The van der Waals surface area contributed by atoms with E-state index in [0.717, 1.165) is 58.5 Å². The van der Waals surface area contributed by atoms with Gasteiger partial charge >= 0.3 is 0 Å². The number of nitrogens with zero attached hydrogens (tertiary/aromatic N) is 2. The Kier molecular flexibility index (Phi) is 5.18. The maximum atomic E-state index is 13.1. The number of amides is 1. The molecule has 0 aromatic heterocycles. The van der Waals surface area contributed by atoms with Gasteiger partial charge in [-0.2, -0.15) is 0 Å². The number of carbonyl (C=O) groups is 1. The average molecular weight is 317 g/mol. The monoisotopic (exact) mass is 317 g/mol. The van der Waals surface area contributed by atoms with Gasteiger partial charge in [0.05, 0.1) is 0 Å². The summed E-state index contributed by atoms with van der Waals surface area (Å²) in [6.45, 7) is 5.17. The van der Waals surface area contributed by atoms with Crippen LogP contribution in [0.5, 0.6) is 0 Å². The van der Waals surface area contributed by atoms with Gasteiger partial charge in [0, 0.05) is 39.0 Å². The Balaban J connectivity index is 1.66. The number of methoxy groups -OCH3 is 1. The van der Waals surface area contributed by atoms with Gasteiger partial charge < -0.3 is 19.9 Å². The summed E-state index contributed by atoms with van der Waals surface area (Å²) in [5.41, 5.74) is 0.623. The molecule has 0 aliphatic carbocycles. The van der Waals surface area contributed by atoms with Crippen LogP contribution in [0.2, 0.25) is 0 Å². The third-order valence-electron chi connectivity index (χ3n) is 5.10. The summed E-state index contributed by atoms with van der Waals surface area (Å²) in [7, 11) is 1.68. The Hall–Kier alpha value is -1.59. The first-order valence-electron chi connectivity index (χ1n) is 8.60. The Bertz CT molecular complexity index is 514. The zero-order chi connectivity index (χ0) is 16.1. The molecule has 5 nitrogen and oxygen atoms in total. The van der Waals surface area contributed by atoms with Crippen molar-refractivity contribution in [2.75, 3.05) is 51.3 Å². The fourth-order valence-corrected chi connectivity index (χ4v) is 3.64. The van der Waals surface area contributed by atoms with E-state index in [1.54, 1.807) is 7.11 Å². The minimum atomic E-state index is -0.618. The molecule has 1 amide bonds. The Morgan fingerprint density at radius 1 is 1.09 bits per heavy atom. The van der Waals surface area contributed by atoms with Crippen molar-refractivity contribution in [2.45, 2.75) is 24.9 Å². The highest BCUT2D eigenvalue weighted by Crippen LogP contribution is 2.26. The van der Waals surface area contributed by atoms with E-state index in [1.165, 1.54) is 5.69 Å². The molecule has 1 aromatic rings. The predicted molar refractivity (Wildman–Crippen MR) is 91.7 cm³/mol. The fraction of sp³-hybridized carbons (Fsp3) is 0.611. The number of rotatable bonds is 3. The van der Waals surface area contributed by atoms with Crippen LogP contribution in [0.1, 0.15) is 19.3 Å². The molecule has 126 valence electrons. The number of para-hydroxylation sites is 1. The first-order chi connectivity index (χ1) is 11.2. The lowest BCUT2D eigenvalue weighted by atomic mass is 9.90. The first kappa shape index (κ1) is 16.3. The van der Waals surface area contributed by atoms with E-state index in [9.17, 15) is 4.79 Å². The van der Waals surface area contributed by atoms with Gasteiger partial charge in [0.25, 0.3) is 5.91 Å². The van der Waals surface area contributed by atoms with E-state index >= 15 is 0 Å². The Morgan fingerprint density at radius 2 is 1.83 bits per heavy atom. The largest absolute Gasteiger partial charge is 0.370 e. The second-order valence-electron chi connectivity index (χ2n) is 6.42. The van der Waals surface area contributed by atoms with Crippen LogP contribution >= 0.6 is 0 Å². The molecule has 1 N–H and O–H groups in total. The van der Waals surface area contributed by atoms with Crippen molar-refractivity contribution >= 4 is 11.6 Å². The average Bonchev–Trinajstić information content (AvgIpc) is 2.88. The van der Waals surface area contributed by atoms with Gasteiger partial charge in [-0.25, -0.2) is 0 Å². The molecule has 3 rings (SSSR count). The molecule has 0 saturated carbocycles. The zero-order valence-corrected chi connectivity index (χ0v) is 14.0. The second-order valence-corrected chi connectivity index (χ2v) is 6.42. The molecule has 2 heterocycles. The van der Waals surface area contributed by atoms with Crippen molar-refractivity contribution < 1.29 is 9.53 Å². The topological polar surface area (TPSA) is 44.8 Å². The molecule has 23 heavy (non-hydrogen) atoms. The quantitative estimate of drug-likeness (QED) is 0.917. The minimum absolute atomic E-state index is 0.177. The lowest BCUT2D eigenvalue weighted by Crippen LogP contribution is -2.55. The van der Waals surface area contributed by atoms with Crippen molar-refractivity contribution in [3.05, 3.63) is 30.3 Å². The predicted octanol–water partition coefficient (Wildman–Crippen LogP) is 1.49. The number of anilines is 1. The van der Waals surface area contributed by atoms with Gasteiger partial charge in [0.15, 0.2) is 0 Å². The van der Waals surface area contributed by atoms with Crippen LogP contribution < -0.4 is 10.2 Å². The molecule has 0 spiro atoms. The van der Waals surface area contributed by atoms with Gasteiger partial charge in [0.2, 0.25) is 0 Å². The van der Waals surface area contributed by atoms with Crippen molar-refractivity contribution in [3.8, 4) is 0 Å². The van der Waals surface area contributed by atoms with Crippen molar-refractivity contribution in [3.63, 3.8) is 0 Å². The highest BCUT2D eigenvalue weighted by molar-refractivity contribution is 5.85. The van der Waals surface area contributed by atoms with Crippen LogP contribution in [0.4, 0.5) is 5.69 Å². The molecule has 2 aliphatic rings. The summed E-state index contributed by atoms with van der Waals surface area (Å²) < 4.78 is 5.70. The molecule has 0 bridgehead atoms. The summed E-state index contributed by atoms with van der Waals surface area (Å²) in [5.74, 6) is 0.177. The summed E-state index contributed by atoms with van der Waals surface area (Å²) in [6.07, 6.45) is 2.53. The van der Waals surface area contributed by atoms with Gasteiger partial charge in [-0.1, -0.05) is 18.2 Å². The SMILES string of the molecule is COC1(C(=O)N2CCCN(c3ccccc3)CC2)CCNCC1. The van der Waals surface area contributed by atoms with Crippen molar-refractivity contribution in [1.29, 1.82) is 0 Å². The summed E-state index contributed by atoms with van der Waals surface area (Å²) in [6, 6.07) is 10.5. The number of hydrogen-bond donors (Lipinski definition) is 1. The van der Waals surface area contributed by atoms with Gasteiger partial charge in [0.1, 0.15) is 5.60 Å². The lowest BCUT2D eigenvalue weighted by molar-refractivity contribution is -0.158. The molecule has 0 atom stereocenters. The molecule has 2 fully saturated rings. The zero-order valence-electron chi connectivity index (χ0n) is 14.0. The summed E-state index contributed by atoms with van der Waals surface area (Å²) in [5, 5.41) is 3.31. The summed E-state index contributed by atoms with van der Waals surface area (Å²) in [4.78, 5) is 17.4. The van der Waals surface area contributed by atoms with Gasteiger partial charge in [-0.05, 0) is 44.5 Å². The lowest BCUT2D eigenvalue weighted by Gasteiger charge is -2.38. The van der Waals surface area contributed by atoms with Crippen LogP contribution in [-0.4, -0.2) is 62.8 Å². The highest BCUT2D eigenvalue weighted by Gasteiger charge is 2.42. The number of nitrogens with one attached hydrogen (secondary N) is 1. The molecule has 5 heteroatoms. The third kappa shape index (κ3) is 3.51. The van der Waals surface area contributed by atoms with Crippen molar-refractivity contribution in [2.24, 2.45) is 0 Å². The molecular formula is C18H27N3O2.